The molecule has 0 unspecified atom stereocenters. The summed E-state index contributed by atoms with van der Waals surface area (Å²) in [5.41, 5.74) is 1.87. The highest BCUT2D eigenvalue weighted by Crippen LogP contribution is 2.59. The van der Waals surface area contributed by atoms with Gasteiger partial charge in [-0.05, 0) is 71.9 Å². The number of aliphatic hydroxyl groups is 5. The molecule has 20 heteroatoms. The zero-order valence-corrected chi connectivity index (χ0v) is 44.9. The van der Waals surface area contributed by atoms with Crippen molar-refractivity contribution in [3.63, 3.8) is 0 Å². The summed E-state index contributed by atoms with van der Waals surface area (Å²) in [4.78, 5) is 39.5. The standard InChI is InChI=1S/C51H83N4O15P/c1-29(21-22-52)17-15-18-30(2)31(3)23-32(4)43(58)36(8)39(56)25-42(66-14)46-47(70-71(62,63)64)50(9,10)51(69-46)26-40(57)35(7)41(68-51)20-16-19-37-27-67-49(54-37)33(5)24-34(6)53-48(61)45(60)44(59)38(28-65-13)55(11)12/h15-19,21,23,27,32-36,38-47,56-60H,20,24-26,28H2,1-14H3,(H,53,61)(H2,62,63,64)/b17-15+,19-16+,29-21+,30-18+,31-23+/t32-,33+,34-,35+,36+,38-,39+,40-,41+,42+,43-,44-,45-,46-,47+,51-/m1/s1. The van der Waals surface area contributed by atoms with Crippen LogP contribution in [-0.4, -0.2) is 159 Å². The van der Waals surface area contributed by atoms with Crippen LogP contribution in [0.2, 0.25) is 0 Å². The van der Waals surface area contributed by atoms with Gasteiger partial charge in [0.15, 0.2) is 17.8 Å². The first-order chi connectivity index (χ1) is 33.0. The van der Waals surface area contributed by atoms with Gasteiger partial charge in [-0.2, -0.15) is 5.26 Å². The van der Waals surface area contributed by atoms with Crippen LogP contribution < -0.4 is 5.32 Å². The van der Waals surface area contributed by atoms with Gasteiger partial charge in [0.05, 0.1) is 49.2 Å². The van der Waals surface area contributed by atoms with Crippen molar-refractivity contribution in [3.8, 4) is 6.07 Å². The first kappa shape index (κ1) is 61.9. The number of aromatic nitrogens is 1. The Hall–Kier alpha value is -3.42. The SMILES string of the molecule is COC[C@H]([C@@H](O)[C@@H](O)C(=O)N[C@H](C)C[C@H](C)c1nc(/C=C/C[C@@H]2O[C@]3(C[C@@H](O)[C@@H]2C)O[C@H]([C@H](C[C@H](O)[C@H](C)[C@H](O)[C@H](C)/C=C(C)/C(C)=C/C=C/C(C)=C/C#N)OC)[C@H](OP(=O)(O)O)C3(C)C)co1)N(C)C. The van der Waals surface area contributed by atoms with Crippen molar-refractivity contribution in [2.45, 2.75) is 174 Å². The minimum Gasteiger partial charge on any atom is -0.448 e. The maximum atomic E-state index is 12.8. The van der Waals surface area contributed by atoms with Gasteiger partial charge in [-0.1, -0.05) is 77.5 Å². The van der Waals surface area contributed by atoms with Crippen molar-refractivity contribution in [1.82, 2.24) is 15.2 Å². The van der Waals surface area contributed by atoms with E-state index in [1.165, 1.54) is 26.6 Å². The average Bonchev–Trinajstić information content (AvgIpc) is 3.84. The zero-order chi connectivity index (χ0) is 53.8. The Labute approximate surface area is 420 Å². The molecule has 0 aliphatic carbocycles. The number of rotatable bonds is 26. The Balaban J connectivity index is 1.76. The van der Waals surface area contributed by atoms with E-state index in [2.05, 4.69) is 10.3 Å². The molecule has 2 saturated heterocycles. The van der Waals surface area contributed by atoms with Gasteiger partial charge in [0.2, 0.25) is 0 Å². The van der Waals surface area contributed by atoms with E-state index >= 15 is 0 Å². The molecule has 0 aromatic carbocycles. The predicted molar refractivity (Wildman–Crippen MR) is 267 cm³/mol. The van der Waals surface area contributed by atoms with Crippen LogP contribution >= 0.6 is 7.82 Å². The second-order valence-corrected chi connectivity index (χ2v) is 21.6. The molecule has 71 heavy (non-hydrogen) atoms. The number of methoxy groups -OCH3 is 2. The van der Waals surface area contributed by atoms with Crippen LogP contribution in [0.5, 0.6) is 0 Å². The Morgan fingerprint density at radius 3 is 2.31 bits per heavy atom. The first-order valence-electron chi connectivity index (χ1n) is 24.2. The highest BCUT2D eigenvalue weighted by Gasteiger charge is 2.68. The molecule has 16 atom stereocenters. The number of phosphoric acid groups is 1. The monoisotopic (exact) mass is 1020 g/mol. The van der Waals surface area contributed by atoms with Gasteiger partial charge in [0, 0.05) is 68.3 Å². The maximum absolute atomic E-state index is 12.8. The van der Waals surface area contributed by atoms with Gasteiger partial charge in [-0.25, -0.2) is 9.55 Å². The number of nitriles is 1. The Morgan fingerprint density at radius 2 is 1.72 bits per heavy atom. The first-order valence-corrected chi connectivity index (χ1v) is 25.8. The number of likely N-dealkylation sites (N-methyl/N-ethyl adjacent to an activating group) is 1. The van der Waals surface area contributed by atoms with E-state index in [1.807, 2.05) is 78.0 Å². The highest BCUT2D eigenvalue weighted by atomic mass is 31.2. The van der Waals surface area contributed by atoms with Gasteiger partial charge in [-0.3, -0.25) is 9.32 Å². The lowest BCUT2D eigenvalue weighted by Crippen LogP contribution is -2.58. The van der Waals surface area contributed by atoms with E-state index in [-0.39, 0.29) is 37.7 Å². The van der Waals surface area contributed by atoms with E-state index in [1.54, 1.807) is 52.8 Å². The van der Waals surface area contributed by atoms with Crippen LogP contribution in [0.1, 0.15) is 112 Å². The van der Waals surface area contributed by atoms with Gasteiger partial charge < -0.3 is 68.9 Å². The van der Waals surface area contributed by atoms with Crippen LogP contribution in [0, 0.1) is 34.5 Å². The van der Waals surface area contributed by atoms with E-state index in [0.717, 1.165) is 16.7 Å². The number of carbonyl (C=O) groups is 1. The number of phosphoric ester groups is 1. The summed E-state index contributed by atoms with van der Waals surface area (Å²) < 4.78 is 48.3. The lowest BCUT2D eigenvalue weighted by atomic mass is 9.72. The van der Waals surface area contributed by atoms with Crippen LogP contribution in [0.3, 0.4) is 0 Å². The lowest BCUT2D eigenvalue weighted by molar-refractivity contribution is -0.334. The zero-order valence-electron chi connectivity index (χ0n) is 44.0. The minimum atomic E-state index is -5.16. The maximum Gasteiger partial charge on any atom is 0.469 e. The number of ether oxygens (including phenoxy) is 4. The minimum absolute atomic E-state index is 0.0661. The van der Waals surface area contributed by atoms with Crippen LogP contribution in [-0.2, 0) is 32.8 Å². The van der Waals surface area contributed by atoms with Crippen molar-refractivity contribution < 1.29 is 72.6 Å². The Bertz CT molecular complexity index is 2110. The molecule has 3 rings (SSSR count). The highest BCUT2D eigenvalue weighted by molar-refractivity contribution is 7.46. The number of aliphatic hydroxyl groups excluding tert-OH is 5. The quantitative estimate of drug-likeness (QED) is 0.0341. The summed E-state index contributed by atoms with van der Waals surface area (Å²) in [5.74, 6) is -3.67. The molecule has 1 aromatic heterocycles. The van der Waals surface area contributed by atoms with E-state index in [9.17, 15) is 44.7 Å². The number of hydrogen-bond acceptors (Lipinski definition) is 16. The number of allylic oxidation sites excluding steroid dienone is 7. The molecular weight excluding hydrogens is 940 g/mol. The second kappa shape index (κ2) is 27.2. The fraction of sp³-hybridized carbons (Fsp3) is 0.706. The molecule has 1 spiro atoms. The summed E-state index contributed by atoms with van der Waals surface area (Å²) in [7, 11) is 1.13. The van der Waals surface area contributed by atoms with Crippen molar-refractivity contribution in [1.29, 1.82) is 5.26 Å². The third kappa shape index (κ3) is 16.8. The van der Waals surface area contributed by atoms with Crippen molar-refractivity contribution in [2.24, 2.45) is 23.2 Å². The fourth-order valence-electron chi connectivity index (χ4n) is 9.34. The molecular formula is C51H83N4O15P. The number of amides is 1. The topological polar surface area (TPSA) is 287 Å². The summed E-state index contributed by atoms with van der Waals surface area (Å²) in [5, 5.41) is 67.4. The van der Waals surface area contributed by atoms with E-state index in [4.69, 9.17) is 33.2 Å². The largest absolute Gasteiger partial charge is 0.469 e. The van der Waals surface area contributed by atoms with Gasteiger partial charge >= 0.3 is 7.82 Å². The number of nitrogens with zero attached hydrogens (tertiary/aromatic N) is 3. The molecule has 0 radical (unpaired) electrons. The van der Waals surface area contributed by atoms with Gasteiger partial charge in [0.25, 0.3) is 5.91 Å². The average molecular weight is 1020 g/mol. The molecule has 19 nitrogen and oxygen atoms in total. The smallest absolute Gasteiger partial charge is 0.448 e. The number of nitrogens with one attached hydrogen (secondary N) is 1. The number of carbonyl (C=O) groups excluding carboxylic acids is 1. The van der Waals surface area contributed by atoms with Crippen LogP contribution in [0.4, 0.5) is 0 Å². The molecule has 2 fully saturated rings. The summed E-state index contributed by atoms with van der Waals surface area (Å²) >= 11 is 0. The van der Waals surface area contributed by atoms with Crippen molar-refractivity contribution >= 4 is 19.8 Å². The van der Waals surface area contributed by atoms with E-state index in [0.29, 0.717) is 18.0 Å². The molecule has 2 aliphatic heterocycles. The summed E-state index contributed by atoms with van der Waals surface area (Å²) in [6.45, 7) is 18.2. The predicted octanol–water partition coefficient (Wildman–Crippen LogP) is 5.08. The Kier molecular flexibility index (Phi) is 23.7. The number of hydrogen-bond donors (Lipinski definition) is 8. The molecule has 1 aromatic rings. The molecule has 1 amide bonds. The van der Waals surface area contributed by atoms with Crippen LogP contribution in [0.25, 0.3) is 6.08 Å². The second-order valence-electron chi connectivity index (χ2n) is 20.4. The third-order valence-electron chi connectivity index (χ3n) is 14.2. The summed E-state index contributed by atoms with van der Waals surface area (Å²) in [6.07, 6.45) is 4.05. The Morgan fingerprint density at radius 1 is 1.06 bits per heavy atom. The van der Waals surface area contributed by atoms with E-state index < -0.39 is 104 Å². The van der Waals surface area contributed by atoms with Gasteiger partial charge in [-0.15, -0.1) is 0 Å². The number of oxazole rings is 1. The normalized spacial score (nSPS) is 27.8. The van der Waals surface area contributed by atoms with Crippen molar-refractivity contribution in [3.05, 3.63) is 71.0 Å². The molecule has 0 saturated carbocycles. The third-order valence-corrected chi connectivity index (χ3v) is 14.7. The van der Waals surface area contributed by atoms with Crippen molar-refractivity contribution in [2.75, 3.05) is 34.9 Å². The molecule has 2 aliphatic rings. The lowest BCUT2D eigenvalue weighted by Gasteiger charge is -2.50. The molecule has 402 valence electrons. The van der Waals surface area contributed by atoms with Crippen LogP contribution in [0.15, 0.2) is 63.9 Å². The molecule has 8 N–H and O–H groups in total. The van der Waals surface area contributed by atoms with Gasteiger partial charge in [0.1, 0.15) is 30.3 Å². The summed E-state index contributed by atoms with van der Waals surface area (Å²) in [6, 6.07) is 0.980. The molecule has 0 bridgehead atoms. The fourth-order valence-corrected chi connectivity index (χ4v) is 10.0. The molecule has 3 heterocycles.